The number of carboxylic acid groups (broad SMARTS) is 1. The quantitative estimate of drug-likeness (QED) is 0.883. The highest BCUT2D eigenvalue weighted by atomic mass is 35.5. The number of carboxylic acids is 1. The predicted molar refractivity (Wildman–Crippen MR) is 61.7 cm³/mol. The summed E-state index contributed by atoms with van der Waals surface area (Å²) in [7, 11) is 0. The molecule has 0 saturated carbocycles. The van der Waals surface area contributed by atoms with Crippen LogP contribution in [0, 0.1) is 0 Å². The van der Waals surface area contributed by atoms with Gasteiger partial charge in [-0.3, -0.25) is 4.79 Å². The van der Waals surface area contributed by atoms with Crippen molar-refractivity contribution in [2.75, 3.05) is 0 Å². The van der Waals surface area contributed by atoms with E-state index in [0.29, 0.717) is 22.0 Å². The van der Waals surface area contributed by atoms with Crippen LogP contribution in [0.2, 0.25) is 10.0 Å². The molecule has 0 radical (unpaired) electrons. The summed E-state index contributed by atoms with van der Waals surface area (Å²) in [5.74, 6) is -0.858. The highest BCUT2D eigenvalue weighted by Crippen LogP contribution is 2.32. The topological polar surface area (TPSA) is 37.3 Å². The fourth-order valence-corrected chi connectivity index (χ4v) is 1.62. The standard InChI is InChI=1S/C11H12Cl2O2/c1-3-11(2,10(14)15)7-4-5-8(12)9(13)6-7/h4-6H,3H2,1-2H3,(H,14,15). The van der Waals surface area contributed by atoms with E-state index in [1.165, 1.54) is 0 Å². The van der Waals surface area contributed by atoms with Crippen LogP contribution in [0.5, 0.6) is 0 Å². The number of benzene rings is 1. The molecule has 0 aliphatic carbocycles. The normalized spacial score (nSPS) is 14.7. The predicted octanol–water partition coefficient (Wildman–Crippen LogP) is 3.75. The minimum absolute atomic E-state index is 0.384. The summed E-state index contributed by atoms with van der Waals surface area (Å²) in [6, 6.07) is 4.93. The molecule has 0 fully saturated rings. The summed E-state index contributed by atoms with van der Waals surface area (Å²) in [5.41, 5.74) is -0.235. The zero-order valence-electron chi connectivity index (χ0n) is 8.55. The third-order valence-electron chi connectivity index (χ3n) is 2.74. The molecule has 0 aromatic heterocycles. The lowest BCUT2D eigenvalue weighted by molar-refractivity contribution is -0.143. The van der Waals surface area contributed by atoms with Crippen molar-refractivity contribution < 1.29 is 9.90 Å². The van der Waals surface area contributed by atoms with Crippen molar-refractivity contribution in [3.63, 3.8) is 0 Å². The van der Waals surface area contributed by atoms with Crippen molar-refractivity contribution in [1.29, 1.82) is 0 Å². The van der Waals surface area contributed by atoms with E-state index in [4.69, 9.17) is 23.2 Å². The second kappa shape index (κ2) is 4.42. The van der Waals surface area contributed by atoms with Crippen molar-refractivity contribution in [3.8, 4) is 0 Å². The summed E-state index contributed by atoms with van der Waals surface area (Å²) < 4.78 is 0. The maximum absolute atomic E-state index is 11.2. The van der Waals surface area contributed by atoms with Crippen molar-refractivity contribution in [3.05, 3.63) is 33.8 Å². The zero-order valence-corrected chi connectivity index (χ0v) is 10.1. The second-order valence-corrected chi connectivity index (χ2v) is 4.43. The maximum Gasteiger partial charge on any atom is 0.313 e. The van der Waals surface area contributed by atoms with Gasteiger partial charge in [-0.05, 0) is 31.0 Å². The molecule has 1 aromatic rings. The van der Waals surface area contributed by atoms with Crippen LogP contribution in [0.15, 0.2) is 18.2 Å². The van der Waals surface area contributed by atoms with Crippen molar-refractivity contribution in [2.24, 2.45) is 0 Å². The van der Waals surface area contributed by atoms with Gasteiger partial charge in [-0.2, -0.15) is 0 Å². The Morgan fingerprint density at radius 3 is 2.40 bits per heavy atom. The van der Waals surface area contributed by atoms with Crippen molar-refractivity contribution >= 4 is 29.2 Å². The Labute approximate surface area is 98.8 Å². The molecule has 0 bridgehead atoms. The van der Waals surface area contributed by atoms with E-state index in [1.54, 1.807) is 25.1 Å². The van der Waals surface area contributed by atoms with E-state index >= 15 is 0 Å². The molecule has 0 aliphatic rings. The maximum atomic E-state index is 11.2. The van der Waals surface area contributed by atoms with Gasteiger partial charge in [-0.15, -0.1) is 0 Å². The molecular formula is C11H12Cl2O2. The SMILES string of the molecule is CCC(C)(C(=O)O)c1ccc(Cl)c(Cl)c1. The summed E-state index contributed by atoms with van der Waals surface area (Å²) >= 11 is 11.6. The molecule has 0 amide bonds. The Morgan fingerprint density at radius 2 is 2.00 bits per heavy atom. The van der Waals surface area contributed by atoms with Gasteiger partial charge in [0.1, 0.15) is 0 Å². The third kappa shape index (κ3) is 2.27. The number of rotatable bonds is 3. The molecule has 82 valence electrons. The summed E-state index contributed by atoms with van der Waals surface area (Å²) in [4.78, 5) is 11.2. The lowest BCUT2D eigenvalue weighted by atomic mass is 9.80. The summed E-state index contributed by atoms with van der Waals surface area (Å²) in [5, 5.41) is 9.99. The first-order valence-electron chi connectivity index (χ1n) is 4.60. The minimum atomic E-state index is -0.909. The average molecular weight is 247 g/mol. The molecule has 0 aliphatic heterocycles. The number of halogens is 2. The monoisotopic (exact) mass is 246 g/mol. The lowest BCUT2D eigenvalue weighted by Gasteiger charge is -2.23. The third-order valence-corrected chi connectivity index (χ3v) is 3.47. The average Bonchev–Trinajstić information content (AvgIpc) is 2.20. The van der Waals surface area contributed by atoms with Gasteiger partial charge in [0.2, 0.25) is 0 Å². The van der Waals surface area contributed by atoms with Gasteiger partial charge in [0.05, 0.1) is 15.5 Å². The first-order chi connectivity index (χ1) is 6.91. The van der Waals surface area contributed by atoms with Crippen LogP contribution >= 0.6 is 23.2 Å². The van der Waals surface area contributed by atoms with Crippen LogP contribution < -0.4 is 0 Å². The smallest absolute Gasteiger partial charge is 0.313 e. The van der Waals surface area contributed by atoms with Gasteiger partial charge in [-0.1, -0.05) is 36.2 Å². The summed E-state index contributed by atoms with van der Waals surface area (Å²) in [6.07, 6.45) is 0.500. The molecule has 15 heavy (non-hydrogen) atoms. The molecule has 0 saturated heterocycles. The van der Waals surface area contributed by atoms with E-state index in [0.717, 1.165) is 0 Å². The van der Waals surface area contributed by atoms with Gasteiger partial charge in [-0.25, -0.2) is 0 Å². The Hall–Kier alpha value is -0.730. The molecule has 1 atom stereocenters. The van der Waals surface area contributed by atoms with Gasteiger partial charge in [0.25, 0.3) is 0 Å². The number of aliphatic carboxylic acids is 1. The van der Waals surface area contributed by atoms with Crippen LogP contribution in [0.25, 0.3) is 0 Å². The molecule has 1 rings (SSSR count). The van der Waals surface area contributed by atoms with Crippen LogP contribution in [-0.4, -0.2) is 11.1 Å². The molecule has 1 aromatic carbocycles. The molecule has 4 heteroatoms. The largest absolute Gasteiger partial charge is 0.481 e. The van der Waals surface area contributed by atoms with Crippen molar-refractivity contribution in [1.82, 2.24) is 0 Å². The van der Waals surface area contributed by atoms with Gasteiger partial charge in [0.15, 0.2) is 0 Å². The van der Waals surface area contributed by atoms with E-state index in [1.807, 2.05) is 6.92 Å². The molecule has 1 N–H and O–H groups in total. The van der Waals surface area contributed by atoms with E-state index in [-0.39, 0.29) is 0 Å². The van der Waals surface area contributed by atoms with Gasteiger partial charge in [0, 0.05) is 0 Å². The number of hydrogen-bond acceptors (Lipinski definition) is 1. The Kier molecular flexibility index (Phi) is 3.63. The number of hydrogen-bond donors (Lipinski definition) is 1. The fourth-order valence-electron chi connectivity index (χ4n) is 1.32. The molecule has 2 nitrogen and oxygen atoms in total. The molecular weight excluding hydrogens is 235 g/mol. The zero-order chi connectivity index (χ0) is 11.6. The van der Waals surface area contributed by atoms with E-state index in [9.17, 15) is 9.90 Å². The van der Waals surface area contributed by atoms with Crippen LogP contribution in [0.3, 0.4) is 0 Å². The lowest BCUT2D eigenvalue weighted by Crippen LogP contribution is -2.31. The minimum Gasteiger partial charge on any atom is -0.481 e. The van der Waals surface area contributed by atoms with E-state index < -0.39 is 11.4 Å². The first kappa shape index (κ1) is 12.3. The first-order valence-corrected chi connectivity index (χ1v) is 5.36. The summed E-state index contributed by atoms with van der Waals surface area (Å²) in [6.45, 7) is 3.51. The van der Waals surface area contributed by atoms with Crippen molar-refractivity contribution in [2.45, 2.75) is 25.7 Å². The highest BCUT2D eigenvalue weighted by Gasteiger charge is 2.33. The van der Waals surface area contributed by atoms with E-state index in [2.05, 4.69) is 0 Å². The van der Waals surface area contributed by atoms with Crippen LogP contribution in [0.4, 0.5) is 0 Å². The Morgan fingerprint density at radius 1 is 1.40 bits per heavy atom. The molecule has 1 unspecified atom stereocenters. The van der Waals surface area contributed by atoms with Crippen LogP contribution in [-0.2, 0) is 10.2 Å². The number of carbonyl (C=O) groups is 1. The van der Waals surface area contributed by atoms with Crippen LogP contribution in [0.1, 0.15) is 25.8 Å². The Balaban J connectivity index is 3.25. The second-order valence-electron chi connectivity index (χ2n) is 3.62. The molecule has 0 heterocycles. The van der Waals surface area contributed by atoms with Gasteiger partial charge < -0.3 is 5.11 Å². The van der Waals surface area contributed by atoms with Gasteiger partial charge >= 0.3 is 5.97 Å². The Bertz CT molecular complexity index is 390. The highest BCUT2D eigenvalue weighted by molar-refractivity contribution is 6.42. The molecule has 0 spiro atoms. The fraction of sp³-hybridized carbons (Fsp3) is 0.364.